The summed E-state index contributed by atoms with van der Waals surface area (Å²) in [6.45, 7) is 0. The molecule has 9 heteroatoms. The van der Waals surface area contributed by atoms with Crippen molar-refractivity contribution in [3.63, 3.8) is 0 Å². The maximum Gasteiger partial charge on any atom is 0.218 e. The number of benzene rings is 2. The van der Waals surface area contributed by atoms with E-state index in [0.29, 0.717) is 31.3 Å². The summed E-state index contributed by atoms with van der Waals surface area (Å²) in [5.41, 5.74) is 6.74. The average Bonchev–Trinajstić information content (AvgIpc) is 2.46. The first-order valence-electron chi connectivity index (χ1n) is 6.00. The highest BCUT2D eigenvalue weighted by Crippen LogP contribution is 2.29. The lowest BCUT2D eigenvalue weighted by atomic mass is 10.2. The van der Waals surface area contributed by atoms with Gasteiger partial charge in [-0.05, 0) is 24.3 Å². The lowest BCUT2D eigenvalue weighted by molar-refractivity contribution is 1.22. The van der Waals surface area contributed by atoms with Gasteiger partial charge in [-0.3, -0.25) is 0 Å². The second kappa shape index (κ2) is 9.21. The summed E-state index contributed by atoms with van der Waals surface area (Å²) in [5, 5.41) is 12.2. The number of anilines is 1. The summed E-state index contributed by atoms with van der Waals surface area (Å²) < 4.78 is 0. The number of rotatable bonds is 3. The number of halogens is 5. The molecule has 2 aromatic rings. The number of hydrogen-bond donors (Lipinski definition) is 2. The molecule has 2 rings (SSSR count). The zero-order valence-corrected chi connectivity index (χ0v) is 15.3. The smallest absolute Gasteiger partial charge is 0.218 e. The van der Waals surface area contributed by atoms with Crippen molar-refractivity contribution in [2.24, 2.45) is 15.9 Å². The van der Waals surface area contributed by atoms with Gasteiger partial charge in [0.05, 0.1) is 32.0 Å². The molecular formula is C14H11Cl5N4. The molecule has 0 aliphatic rings. The minimum atomic E-state index is 0. The van der Waals surface area contributed by atoms with Gasteiger partial charge in [-0.2, -0.15) is 5.10 Å². The molecular weight excluding hydrogens is 401 g/mol. The van der Waals surface area contributed by atoms with Crippen LogP contribution in [0.15, 0.2) is 46.6 Å². The predicted octanol–water partition coefficient (Wildman–Crippen LogP) is 5.48. The van der Waals surface area contributed by atoms with E-state index in [-0.39, 0.29) is 18.4 Å². The lowest BCUT2D eigenvalue weighted by Crippen LogP contribution is -2.22. The fraction of sp³-hybridized carbons (Fsp3) is 0. The third kappa shape index (κ3) is 5.44. The van der Waals surface area contributed by atoms with Gasteiger partial charge in [0.1, 0.15) is 0 Å². The van der Waals surface area contributed by atoms with Crippen molar-refractivity contribution in [1.82, 2.24) is 0 Å². The molecule has 0 saturated heterocycles. The maximum absolute atomic E-state index is 6.01. The van der Waals surface area contributed by atoms with Crippen LogP contribution >= 0.6 is 58.8 Å². The molecule has 0 unspecified atom stereocenters. The minimum Gasteiger partial charge on any atom is -0.368 e. The molecule has 0 amide bonds. The van der Waals surface area contributed by atoms with Crippen LogP contribution in [0.5, 0.6) is 0 Å². The van der Waals surface area contributed by atoms with E-state index in [0.717, 1.165) is 0 Å². The van der Waals surface area contributed by atoms with Crippen LogP contribution in [-0.2, 0) is 0 Å². The second-order valence-electron chi connectivity index (χ2n) is 4.09. The minimum absolute atomic E-state index is 0. The molecule has 2 aromatic carbocycles. The van der Waals surface area contributed by atoms with Gasteiger partial charge < -0.3 is 11.1 Å². The molecule has 4 nitrogen and oxygen atoms in total. The van der Waals surface area contributed by atoms with Gasteiger partial charge in [-0.15, -0.1) is 17.5 Å². The second-order valence-corrected chi connectivity index (χ2v) is 5.72. The van der Waals surface area contributed by atoms with Crippen LogP contribution in [0, 0.1) is 0 Å². The highest BCUT2D eigenvalue weighted by Gasteiger charge is 2.06. The third-order valence-electron chi connectivity index (χ3n) is 2.57. The molecule has 0 spiro atoms. The molecule has 0 fully saturated rings. The van der Waals surface area contributed by atoms with E-state index in [1.807, 2.05) is 0 Å². The molecule has 23 heavy (non-hydrogen) atoms. The van der Waals surface area contributed by atoms with Gasteiger partial charge in [-0.1, -0.05) is 58.5 Å². The highest BCUT2D eigenvalue weighted by atomic mass is 35.5. The van der Waals surface area contributed by atoms with Crippen molar-refractivity contribution in [1.29, 1.82) is 0 Å². The monoisotopic (exact) mass is 410 g/mol. The number of nitrogens with two attached hydrogens (primary N) is 1. The summed E-state index contributed by atoms with van der Waals surface area (Å²) in [5.74, 6) is 0.0226. The van der Waals surface area contributed by atoms with Crippen molar-refractivity contribution >= 4 is 76.7 Å². The van der Waals surface area contributed by atoms with Crippen molar-refractivity contribution in [3.05, 3.63) is 62.1 Å². The standard InChI is InChI=1S/C14H10Cl4N4.ClH/c15-9-3-1-4-10(16)8(9)7-20-22-14(19)21-13-11(17)5-2-6-12(13)18;/h1-7H,(H3,19,21,22);1H. The van der Waals surface area contributed by atoms with E-state index < -0.39 is 0 Å². The van der Waals surface area contributed by atoms with Crippen LogP contribution in [0.25, 0.3) is 0 Å². The quantitative estimate of drug-likeness (QED) is 0.398. The van der Waals surface area contributed by atoms with Crippen LogP contribution in [0.4, 0.5) is 5.69 Å². The normalized spacial score (nSPS) is 11.4. The topological polar surface area (TPSA) is 62.8 Å². The van der Waals surface area contributed by atoms with Gasteiger partial charge in [0.25, 0.3) is 0 Å². The number of hydrogen-bond acceptors (Lipinski definition) is 2. The van der Waals surface area contributed by atoms with E-state index >= 15 is 0 Å². The molecule has 122 valence electrons. The Morgan fingerprint density at radius 2 is 1.39 bits per heavy atom. The Hall–Kier alpha value is -1.17. The van der Waals surface area contributed by atoms with Crippen molar-refractivity contribution in [2.75, 3.05) is 5.32 Å². The molecule has 0 atom stereocenters. The zero-order chi connectivity index (χ0) is 16.1. The Labute approximate surface area is 159 Å². The van der Waals surface area contributed by atoms with Crippen LogP contribution < -0.4 is 11.1 Å². The zero-order valence-electron chi connectivity index (χ0n) is 11.4. The van der Waals surface area contributed by atoms with E-state index in [4.69, 9.17) is 52.1 Å². The molecule has 0 radical (unpaired) electrons. The fourth-order valence-corrected chi connectivity index (χ4v) is 2.54. The number of guanidine groups is 1. The van der Waals surface area contributed by atoms with Crippen LogP contribution in [0.3, 0.4) is 0 Å². The molecule has 0 bridgehead atoms. The summed E-state index contributed by atoms with van der Waals surface area (Å²) in [7, 11) is 0. The van der Waals surface area contributed by atoms with E-state index in [2.05, 4.69) is 15.5 Å². The Morgan fingerprint density at radius 3 is 1.91 bits per heavy atom. The fourth-order valence-electron chi connectivity index (χ4n) is 1.55. The average molecular weight is 413 g/mol. The molecule has 0 aliphatic carbocycles. The summed E-state index contributed by atoms with van der Waals surface area (Å²) >= 11 is 24.0. The van der Waals surface area contributed by atoms with E-state index in [9.17, 15) is 0 Å². The molecule has 0 aromatic heterocycles. The first-order valence-corrected chi connectivity index (χ1v) is 7.51. The summed E-state index contributed by atoms with van der Waals surface area (Å²) in [6.07, 6.45) is 1.41. The molecule has 0 saturated carbocycles. The van der Waals surface area contributed by atoms with Crippen LogP contribution in [-0.4, -0.2) is 12.2 Å². The predicted molar refractivity (Wildman–Crippen MR) is 103 cm³/mol. The van der Waals surface area contributed by atoms with E-state index in [1.165, 1.54) is 6.21 Å². The number of nitrogens with one attached hydrogen (secondary N) is 1. The van der Waals surface area contributed by atoms with Gasteiger partial charge >= 0.3 is 0 Å². The molecule has 0 aliphatic heterocycles. The van der Waals surface area contributed by atoms with Gasteiger partial charge in [0.15, 0.2) is 0 Å². The highest BCUT2D eigenvalue weighted by molar-refractivity contribution is 6.40. The van der Waals surface area contributed by atoms with Crippen LogP contribution in [0.1, 0.15) is 5.56 Å². The summed E-state index contributed by atoms with van der Waals surface area (Å²) in [6, 6.07) is 10.2. The van der Waals surface area contributed by atoms with Crippen LogP contribution in [0.2, 0.25) is 20.1 Å². The maximum atomic E-state index is 6.01. The van der Waals surface area contributed by atoms with Gasteiger partial charge in [0, 0.05) is 5.56 Å². The Bertz CT molecular complexity index is 705. The van der Waals surface area contributed by atoms with Crippen molar-refractivity contribution < 1.29 is 0 Å². The lowest BCUT2D eigenvalue weighted by Gasteiger charge is -2.08. The Morgan fingerprint density at radius 1 is 0.913 bits per heavy atom. The molecule has 0 heterocycles. The number of nitrogens with zero attached hydrogens (tertiary/aromatic N) is 2. The first kappa shape index (κ1) is 19.9. The van der Waals surface area contributed by atoms with E-state index in [1.54, 1.807) is 36.4 Å². The largest absolute Gasteiger partial charge is 0.368 e. The number of para-hydroxylation sites is 1. The van der Waals surface area contributed by atoms with Gasteiger partial charge in [0.2, 0.25) is 5.96 Å². The Balaban J connectivity index is 0.00000264. The molecule has 3 N–H and O–H groups in total. The third-order valence-corrected chi connectivity index (χ3v) is 3.86. The SMILES string of the molecule is Cl.NC(=NN=Cc1c(Cl)cccc1Cl)Nc1c(Cl)cccc1Cl. The first-order chi connectivity index (χ1) is 10.5. The summed E-state index contributed by atoms with van der Waals surface area (Å²) in [4.78, 5) is 0. The van der Waals surface area contributed by atoms with Gasteiger partial charge in [-0.25, -0.2) is 0 Å². The Kier molecular flexibility index (Phi) is 7.95. The van der Waals surface area contributed by atoms with Crippen molar-refractivity contribution in [3.8, 4) is 0 Å². The van der Waals surface area contributed by atoms with Crippen molar-refractivity contribution in [2.45, 2.75) is 0 Å².